The van der Waals surface area contributed by atoms with E-state index in [1.54, 1.807) is 24.0 Å². The maximum Gasteiger partial charge on any atom is 0.318 e. The van der Waals surface area contributed by atoms with Crippen molar-refractivity contribution in [3.05, 3.63) is 101 Å². The molecule has 0 saturated heterocycles. The van der Waals surface area contributed by atoms with Crippen molar-refractivity contribution in [2.24, 2.45) is 0 Å². The van der Waals surface area contributed by atoms with Crippen LogP contribution in [0.1, 0.15) is 41.9 Å². The molecule has 37 heavy (non-hydrogen) atoms. The van der Waals surface area contributed by atoms with Crippen LogP contribution < -0.4 is 5.32 Å². The highest BCUT2D eigenvalue weighted by Crippen LogP contribution is 2.38. The Morgan fingerprint density at radius 1 is 1.08 bits per heavy atom. The van der Waals surface area contributed by atoms with E-state index in [2.05, 4.69) is 5.32 Å². The molecule has 3 heterocycles. The zero-order valence-electron chi connectivity index (χ0n) is 20.7. The van der Waals surface area contributed by atoms with Gasteiger partial charge in [-0.25, -0.2) is 13.9 Å². The number of nitrogens with one attached hydrogen (secondary N) is 1. The minimum atomic E-state index is -0.505. The maximum atomic E-state index is 13.8. The van der Waals surface area contributed by atoms with E-state index in [0.29, 0.717) is 0 Å². The molecule has 4 aromatic rings. The Morgan fingerprint density at radius 3 is 2.57 bits per heavy atom. The number of amides is 2. The molecule has 0 spiro atoms. The van der Waals surface area contributed by atoms with Crippen LogP contribution in [0.15, 0.2) is 72.9 Å². The van der Waals surface area contributed by atoms with Crippen molar-refractivity contribution >= 4 is 12.0 Å². The quantitative estimate of drug-likeness (QED) is 0.389. The van der Waals surface area contributed by atoms with Crippen molar-refractivity contribution in [1.29, 1.82) is 0 Å². The summed E-state index contributed by atoms with van der Waals surface area (Å²) in [6, 6.07) is 19.1. The van der Waals surface area contributed by atoms with Crippen LogP contribution in [0.4, 0.5) is 9.18 Å². The topological polar surface area (TPSA) is 81.4 Å². The van der Waals surface area contributed by atoms with Gasteiger partial charge >= 0.3 is 12.0 Å². The third kappa shape index (κ3) is 4.72. The van der Waals surface area contributed by atoms with Crippen LogP contribution in [-0.2, 0) is 16.1 Å². The third-order valence-electron chi connectivity index (χ3n) is 6.44. The number of aryl methyl sites for hydroxylation is 1. The summed E-state index contributed by atoms with van der Waals surface area (Å²) in [5.74, 6) is 0.125. The molecule has 1 aliphatic rings. The number of carbonyl (C=O) groups excluding carboxylic acids is 2. The zero-order valence-corrected chi connectivity index (χ0v) is 20.7. The first-order chi connectivity index (χ1) is 18.0. The number of esters is 1. The van der Waals surface area contributed by atoms with Gasteiger partial charge in [-0.2, -0.15) is 5.10 Å². The number of benzene rings is 2. The molecular weight excluding hydrogens is 473 g/mol. The van der Waals surface area contributed by atoms with E-state index in [4.69, 9.17) is 9.84 Å². The van der Waals surface area contributed by atoms with E-state index in [9.17, 15) is 14.0 Å². The van der Waals surface area contributed by atoms with Gasteiger partial charge in [-0.3, -0.25) is 4.79 Å². The van der Waals surface area contributed by atoms with E-state index >= 15 is 0 Å². The van der Waals surface area contributed by atoms with E-state index in [1.165, 1.54) is 12.1 Å². The van der Waals surface area contributed by atoms with E-state index in [-0.39, 0.29) is 43.9 Å². The number of ether oxygens (including phenoxy) is 1. The molecule has 2 aromatic heterocycles. The number of hydrogen-bond acceptors (Lipinski definition) is 4. The van der Waals surface area contributed by atoms with Crippen molar-refractivity contribution in [2.75, 3.05) is 13.2 Å². The predicted octanol–water partition coefficient (Wildman–Crippen LogP) is 4.68. The minimum Gasteiger partial charge on any atom is -0.466 e. The highest BCUT2D eigenvalue weighted by atomic mass is 19.1. The van der Waals surface area contributed by atoms with Crippen molar-refractivity contribution in [3.63, 3.8) is 0 Å². The first-order valence-electron chi connectivity index (χ1n) is 12.2. The fourth-order valence-corrected chi connectivity index (χ4v) is 4.75. The second-order valence-electron chi connectivity index (χ2n) is 8.81. The number of carbonyl (C=O) groups is 2. The Morgan fingerprint density at radius 2 is 1.84 bits per heavy atom. The van der Waals surface area contributed by atoms with E-state index < -0.39 is 6.04 Å². The number of nitrogens with zero attached hydrogens (tertiary/aromatic N) is 4. The van der Waals surface area contributed by atoms with Crippen LogP contribution >= 0.6 is 0 Å². The average molecular weight is 502 g/mol. The van der Waals surface area contributed by atoms with Gasteiger partial charge in [0.1, 0.15) is 11.6 Å². The normalized spacial score (nSPS) is 14.5. The van der Waals surface area contributed by atoms with Crippen LogP contribution in [0.25, 0.3) is 11.5 Å². The summed E-state index contributed by atoms with van der Waals surface area (Å²) in [6.07, 6.45) is 2.02. The second kappa shape index (κ2) is 10.3. The molecule has 2 aromatic carbocycles. The fraction of sp³-hybridized carbons (Fsp3) is 0.250. The summed E-state index contributed by atoms with van der Waals surface area (Å²) in [6.45, 7) is 4.36. The molecule has 1 N–H and O–H groups in total. The van der Waals surface area contributed by atoms with Crippen LogP contribution in [0.5, 0.6) is 0 Å². The van der Waals surface area contributed by atoms with Crippen molar-refractivity contribution in [3.8, 4) is 11.5 Å². The van der Waals surface area contributed by atoms with Gasteiger partial charge in [0.25, 0.3) is 0 Å². The lowest BCUT2D eigenvalue weighted by atomic mass is 10.0. The van der Waals surface area contributed by atoms with Crippen molar-refractivity contribution in [2.45, 2.75) is 32.9 Å². The Bertz CT molecular complexity index is 1410. The number of para-hydroxylation sites is 1. The van der Waals surface area contributed by atoms with Crippen LogP contribution in [0.3, 0.4) is 0 Å². The SMILES string of the molecule is CCOC(=O)CCNC(=O)N1Cc2c(C)nn(-c3ccccc3)c2-n2cccc2C1c1ccc(F)cc1. The van der Waals surface area contributed by atoms with Gasteiger partial charge in [0.15, 0.2) is 0 Å². The van der Waals surface area contributed by atoms with E-state index in [0.717, 1.165) is 34.0 Å². The fourth-order valence-electron chi connectivity index (χ4n) is 4.75. The van der Waals surface area contributed by atoms with Crippen LogP contribution in [0.2, 0.25) is 0 Å². The van der Waals surface area contributed by atoms with Crippen LogP contribution in [0, 0.1) is 12.7 Å². The Labute approximate surface area is 214 Å². The van der Waals surface area contributed by atoms with Gasteiger partial charge in [0, 0.05) is 18.3 Å². The smallest absolute Gasteiger partial charge is 0.318 e. The molecule has 0 aliphatic carbocycles. The Hall–Kier alpha value is -4.40. The minimum absolute atomic E-state index is 0.0707. The number of hydrogen-bond donors (Lipinski definition) is 1. The summed E-state index contributed by atoms with van der Waals surface area (Å²) >= 11 is 0. The Kier molecular flexibility index (Phi) is 6.76. The molecule has 9 heteroatoms. The maximum absolute atomic E-state index is 13.8. The van der Waals surface area contributed by atoms with Gasteiger partial charge in [0.05, 0.1) is 42.7 Å². The molecule has 8 nitrogen and oxygen atoms in total. The highest BCUT2D eigenvalue weighted by molar-refractivity contribution is 5.77. The molecule has 2 amide bonds. The van der Waals surface area contributed by atoms with Crippen molar-refractivity contribution in [1.82, 2.24) is 24.6 Å². The largest absolute Gasteiger partial charge is 0.466 e. The predicted molar refractivity (Wildman–Crippen MR) is 136 cm³/mol. The van der Waals surface area contributed by atoms with Gasteiger partial charge in [-0.05, 0) is 55.8 Å². The van der Waals surface area contributed by atoms with E-state index in [1.807, 2.05) is 64.8 Å². The first-order valence-corrected chi connectivity index (χ1v) is 12.2. The standard InChI is InChI=1S/C28H28FN5O3/c1-3-37-25(35)15-16-30-28(36)33-18-23-19(2)31-34(22-8-5-4-6-9-22)27(23)32-17-7-10-24(32)26(33)20-11-13-21(29)14-12-20/h4-14,17,26H,3,15-16,18H2,1-2H3,(H,30,36). The average Bonchev–Trinajstić information content (AvgIpc) is 3.46. The molecule has 0 saturated carbocycles. The number of fused-ring (bicyclic) bond motifs is 3. The van der Waals surface area contributed by atoms with Crippen molar-refractivity contribution < 1.29 is 18.7 Å². The lowest BCUT2D eigenvalue weighted by Crippen LogP contribution is -2.42. The van der Waals surface area contributed by atoms with Crippen LogP contribution in [-0.4, -0.2) is 44.4 Å². The molecule has 190 valence electrons. The highest BCUT2D eigenvalue weighted by Gasteiger charge is 2.35. The monoisotopic (exact) mass is 501 g/mol. The first kappa shape index (κ1) is 24.3. The summed E-state index contributed by atoms with van der Waals surface area (Å²) in [5.41, 5.74) is 4.19. The molecule has 1 atom stereocenters. The summed E-state index contributed by atoms with van der Waals surface area (Å²) in [4.78, 5) is 27.1. The number of urea groups is 1. The zero-order chi connectivity index (χ0) is 25.9. The second-order valence-corrected chi connectivity index (χ2v) is 8.81. The summed E-state index contributed by atoms with van der Waals surface area (Å²) in [5, 5.41) is 7.69. The molecule has 0 fully saturated rings. The molecule has 1 unspecified atom stereocenters. The number of rotatable bonds is 6. The number of halogens is 1. The molecule has 1 aliphatic heterocycles. The Balaban J connectivity index is 1.60. The van der Waals surface area contributed by atoms with Gasteiger partial charge in [-0.1, -0.05) is 30.3 Å². The van der Waals surface area contributed by atoms with Gasteiger partial charge in [-0.15, -0.1) is 0 Å². The lowest BCUT2D eigenvalue weighted by molar-refractivity contribution is -0.142. The summed E-state index contributed by atoms with van der Waals surface area (Å²) in [7, 11) is 0. The van der Waals surface area contributed by atoms with Gasteiger partial charge < -0.3 is 19.5 Å². The molecule has 0 bridgehead atoms. The molecule has 0 radical (unpaired) electrons. The lowest BCUT2D eigenvalue weighted by Gasteiger charge is -2.31. The summed E-state index contributed by atoms with van der Waals surface area (Å²) < 4.78 is 22.7. The molecular formula is C28H28FN5O3. The molecule has 5 rings (SSSR count). The number of aromatic nitrogens is 3. The van der Waals surface area contributed by atoms with Gasteiger partial charge in [0.2, 0.25) is 0 Å². The third-order valence-corrected chi connectivity index (χ3v) is 6.44.